The highest BCUT2D eigenvalue weighted by Crippen LogP contribution is 2.38. The van der Waals surface area contributed by atoms with Crippen molar-refractivity contribution in [1.29, 1.82) is 0 Å². The summed E-state index contributed by atoms with van der Waals surface area (Å²) in [6.45, 7) is 0. The second kappa shape index (κ2) is 5.15. The Balaban J connectivity index is 2.18. The lowest BCUT2D eigenvalue weighted by molar-refractivity contribution is 0.811. The smallest absolute Gasteiger partial charge is 0.213 e. The minimum Gasteiger partial charge on any atom is -0.314 e. The molecule has 2 aromatic carbocycles. The van der Waals surface area contributed by atoms with Gasteiger partial charge < -0.3 is 4.90 Å². The summed E-state index contributed by atoms with van der Waals surface area (Å²) in [6.07, 6.45) is 0. The number of benzene rings is 2. The normalized spacial score (nSPS) is 17.4. The van der Waals surface area contributed by atoms with Gasteiger partial charge in [0.1, 0.15) is 6.04 Å². The molecule has 3 N–H and O–H groups in total. The molecule has 0 radical (unpaired) electrons. The van der Waals surface area contributed by atoms with Crippen molar-refractivity contribution in [3.8, 4) is 0 Å². The Kier molecular flexibility index (Phi) is 3.34. The lowest BCUT2D eigenvalue weighted by atomic mass is 9.96. The fourth-order valence-electron chi connectivity index (χ4n) is 2.47. The van der Waals surface area contributed by atoms with E-state index in [1.54, 1.807) is 0 Å². The summed E-state index contributed by atoms with van der Waals surface area (Å²) in [4.78, 5) is 6.60. The molecule has 5 heteroatoms. The van der Waals surface area contributed by atoms with Gasteiger partial charge in [-0.05, 0) is 23.8 Å². The number of nitrogens with one attached hydrogen (secondary N) is 1. The highest BCUT2D eigenvalue weighted by molar-refractivity contribution is 6.30. The molecule has 0 spiro atoms. The van der Waals surface area contributed by atoms with Crippen LogP contribution in [0.1, 0.15) is 17.2 Å². The number of guanidine groups is 1. The van der Waals surface area contributed by atoms with Crippen LogP contribution in [0.4, 0.5) is 5.69 Å². The summed E-state index contributed by atoms with van der Waals surface area (Å²) < 4.78 is 0. The Bertz CT molecular complexity index is 654. The van der Waals surface area contributed by atoms with E-state index in [4.69, 9.17) is 17.4 Å². The molecule has 0 aliphatic carbocycles. The Morgan fingerprint density at radius 1 is 1.20 bits per heavy atom. The van der Waals surface area contributed by atoms with Gasteiger partial charge in [0.15, 0.2) is 0 Å². The Labute approximate surface area is 122 Å². The number of halogens is 1. The summed E-state index contributed by atoms with van der Waals surface area (Å²) in [6, 6.07) is 15.8. The van der Waals surface area contributed by atoms with Gasteiger partial charge in [-0.25, -0.2) is 10.8 Å². The molecular formula is C15H15ClN4. The molecule has 1 aliphatic heterocycles. The predicted octanol–water partition coefficient (Wildman–Crippen LogP) is 2.70. The number of fused-ring (bicyclic) bond motifs is 1. The van der Waals surface area contributed by atoms with Gasteiger partial charge in [-0.15, -0.1) is 0 Å². The number of aliphatic imine (C=N–C) groups is 1. The van der Waals surface area contributed by atoms with Crippen LogP contribution in [-0.2, 0) is 0 Å². The average Bonchev–Trinajstić information content (AvgIpc) is 2.48. The number of nitrogens with zero attached hydrogens (tertiary/aromatic N) is 2. The topological polar surface area (TPSA) is 53.6 Å². The lowest BCUT2D eigenvalue weighted by Gasteiger charge is -2.31. The molecule has 0 fully saturated rings. The minimum atomic E-state index is -0.104. The van der Waals surface area contributed by atoms with Crippen LogP contribution in [0, 0.1) is 0 Å². The Hall–Kier alpha value is -2.04. The summed E-state index contributed by atoms with van der Waals surface area (Å²) >= 11 is 6.14. The molecule has 2 aromatic rings. The third kappa shape index (κ3) is 2.13. The monoisotopic (exact) mass is 286 g/mol. The zero-order chi connectivity index (χ0) is 14.1. The zero-order valence-corrected chi connectivity index (χ0v) is 11.8. The molecule has 1 heterocycles. The number of hydrogen-bond acceptors (Lipinski definition) is 4. The summed E-state index contributed by atoms with van der Waals surface area (Å²) in [7, 11) is 1.92. The van der Waals surface area contributed by atoms with Crippen LogP contribution < -0.4 is 16.2 Å². The van der Waals surface area contributed by atoms with Crippen LogP contribution in [0.3, 0.4) is 0 Å². The first kappa shape index (κ1) is 13.0. The highest BCUT2D eigenvalue weighted by atomic mass is 35.5. The summed E-state index contributed by atoms with van der Waals surface area (Å²) in [5.41, 5.74) is 5.88. The van der Waals surface area contributed by atoms with Crippen LogP contribution in [0.15, 0.2) is 53.5 Å². The zero-order valence-electron chi connectivity index (χ0n) is 11.0. The standard InChI is InChI=1S/C15H15ClN4/c1-20-13-8-7-11(16)9-12(13)14(18-15(20)19-17)10-5-3-2-4-6-10/h2-9,14H,17H2,1H3,(H,18,19). The molecule has 0 aromatic heterocycles. The SMILES string of the molecule is CN1C(NN)=NC(c2ccccc2)c2cc(Cl)ccc21. The molecule has 4 nitrogen and oxygen atoms in total. The maximum Gasteiger partial charge on any atom is 0.213 e. The van der Waals surface area contributed by atoms with Gasteiger partial charge in [-0.2, -0.15) is 0 Å². The molecule has 1 atom stereocenters. The van der Waals surface area contributed by atoms with Crippen molar-refractivity contribution in [2.45, 2.75) is 6.04 Å². The number of anilines is 1. The van der Waals surface area contributed by atoms with Crippen molar-refractivity contribution < 1.29 is 0 Å². The first-order valence-corrected chi connectivity index (χ1v) is 6.71. The number of rotatable bonds is 1. The van der Waals surface area contributed by atoms with E-state index in [9.17, 15) is 0 Å². The van der Waals surface area contributed by atoms with Crippen LogP contribution in [0.5, 0.6) is 0 Å². The van der Waals surface area contributed by atoms with Crippen molar-refractivity contribution in [2.24, 2.45) is 10.8 Å². The summed E-state index contributed by atoms with van der Waals surface area (Å²) in [5.74, 6) is 6.21. The quantitative estimate of drug-likeness (QED) is 0.626. The maximum atomic E-state index is 6.14. The van der Waals surface area contributed by atoms with Crippen LogP contribution in [-0.4, -0.2) is 13.0 Å². The number of hydrogen-bond donors (Lipinski definition) is 2. The van der Waals surface area contributed by atoms with E-state index in [0.717, 1.165) is 16.8 Å². The van der Waals surface area contributed by atoms with Crippen molar-refractivity contribution in [2.75, 3.05) is 11.9 Å². The fourth-order valence-corrected chi connectivity index (χ4v) is 2.65. The molecule has 0 saturated carbocycles. The third-order valence-corrected chi connectivity index (χ3v) is 3.69. The van der Waals surface area contributed by atoms with Crippen LogP contribution >= 0.6 is 11.6 Å². The minimum absolute atomic E-state index is 0.104. The molecule has 0 bridgehead atoms. The number of hydrazine groups is 1. The maximum absolute atomic E-state index is 6.14. The van der Waals surface area contributed by atoms with E-state index in [1.165, 1.54) is 0 Å². The van der Waals surface area contributed by atoms with E-state index in [2.05, 4.69) is 22.6 Å². The third-order valence-electron chi connectivity index (χ3n) is 3.46. The Morgan fingerprint density at radius 3 is 2.65 bits per heavy atom. The molecule has 20 heavy (non-hydrogen) atoms. The molecule has 0 amide bonds. The largest absolute Gasteiger partial charge is 0.314 e. The second-order valence-electron chi connectivity index (χ2n) is 4.67. The summed E-state index contributed by atoms with van der Waals surface area (Å²) in [5, 5.41) is 0.706. The van der Waals surface area contributed by atoms with Crippen molar-refractivity contribution in [3.63, 3.8) is 0 Å². The van der Waals surface area contributed by atoms with Gasteiger partial charge in [0.25, 0.3) is 0 Å². The van der Waals surface area contributed by atoms with E-state index >= 15 is 0 Å². The number of nitrogens with two attached hydrogens (primary N) is 1. The average molecular weight is 287 g/mol. The van der Waals surface area contributed by atoms with E-state index in [-0.39, 0.29) is 6.04 Å². The van der Waals surface area contributed by atoms with Crippen LogP contribution in [0.2, 0.25) is 5.02 Å². The van der Waals surface area contributed by atoms with Gasteiger partial charge in [-0.3, -0.25) is 5.43 Å². The fraction of sp³-hybridized carbons (Fsp3) is 0.133. The Morgan fingerprint density at radius 2 is 1.95 bits per heavy atom. The van der Waals surface area contributed by atoms with Crippen molar-refractivity contribution in [1.82, 2.24) is 5.43 Å². The van der Waals surface area contributed by atoms with Gasteiger partial charge >= 0.3 is 0 Å². The molecule has 1 aliphatic rings. The van der Waals surface area contributed by atoms with E-state index < -0.39 is 0 Å². The van der Waals surface area contributed by atoms with Gasteiger partial charge in [0, 0.05) is 23.3 Å². The van der Waals surface area contributed by atoms with E-state index in [1.807, 2.05) is 48.3 Å². The first-order valence-electron chi connectivity index (χ1n) is 6.33. The van der Waals surface area contributed by atoms with Gasteiger partial charge in [0.05, 0.1) is 0 Å². The van der Waals surface area contributed by atoms with Gasteiger partial charge in [-0.1, -0.05) is 41.9 Å². The highest BCUT2D eigenvalue weighted by Gasteiger charge is 2.26. The molecule has 0 saturated heterocycles. The second-order valence-corrected chi connectivity index (χ2v) is 5.11. The predicted molar refractivity (Wildman–Crippen MR) is 82.9 cm³/mol. The molecular weight excluding hydrogens is 272 g/mol. The van der Waals surface area contributed by atoms with Crippen LogP contribution in [0.25, 0.3) is 0 Å². The van der Waals surface area contributed by atoms with E-state index in [0.29, 0.717) is 11.0 Å². The van der Waals surface area contributed by atoms with Crippen molar-refractivity contribution in [3.05, 3.63) is 64.7 Å². The lowest BCUT2D eigenvalue weighted by Crippen LogP contribution is -2.45. The first-order chi connectivity index (χ1) is 9.70. The van der Waals surface area contributed by atoms with Crippen molar-refractivity contribution >= 4 is 23.2 Å². The molecule has 102 valence electrons. The molecule has 1 unspecified atom stereocenters. The van der Waals surface area contributed by atoms with Gasteiger partial charge in [0.2, 0.25) is 5.96 Å². The molecule has 3 rings (SSSR count).